The van der Waals surface area contributed by atoms with E-state index in [-0.39, 0.29) is 5.82 Å². The Balaban J connectivity index is 2.19. The van der Waals surface area contributed by atoms with Gasteiger partial charge in [-0.15, -0.1) is 0 Å². The van der Waals surface area contributed by atoms with Crippen molar-refractivity contribution in [1.29, 1.82) is 0 Å². The molecule has 1 atom stereocenters. The van der Waals surface area contributed by atoms with Gasteiger partial charge in [0.25, 0.3) is 0 Å². The molecular weight excluding hydrogens is 267 g/mol. The molecule has 0 aliphatic heterocycles. The van der Waals surface area contributed by atoms with Crippen LogP contribution >= 0.6 is 0 Å². The molecule has 1 aromatic rings. The molecule has 1 aromatic carbocycles. The molecule has 0 radical (unpaired) electrons. The highest BCUT2D eigenvalue weighted by Gasteiger charge is 2.22. The summed E-state index contributed by atoms with van der Waals surface area (Å²) >= 11 is 0. The second kappa shape index (κ2) is 7.76. The predicted octanol–water partition coefficient (Wildman–Crippen LogP) is 3.33. The third-order valence-electron chi connectivity index (χ3n) is 4.17. The van der Waals surface area contributed by atoms with E-state index in [1.165, 1.54) is 12.8 Å². The smallest absolute Gasteiger partial charge is 0.123 e. The quantitative estimate of drug-likeness (QED) is 0.756. The summed E-state index contributed by atoms with van der Waals surface area (Å²) in [5.74, 6) is -0.165. The Kier molecular flexibility index (Phi) is 6.00. The minimum atomic E-state index is -0.165. The first-order valence-corrected chi connectivity index (χ1v) is 7.93. The summed E-state index contributed by atoms with van der Waals surface area (Å²) < 4.78 is 18.8. The second-order valence-corrected chi connectivity index (χ2v) is 5.87. The van der Waals surface area contributed by atoms with Crippen LogP contribution in [0.5, 0.6) is 0 Å². The Morgan fingerprint density at radius 3 is 2.81 bits per heavy atom. The normalized spacial score (nSPS) is 16.0. The zero-order valence-electron chi connectivity index (χ0n) is 13.4. The Hall–Kier alpha value is -1.13. The van der Waals surface area contributed by atoms with Gasteiger partial charge in [-0.1, -0.05) is 6.92 Å². The molecule has 3 nitrogen and oxygen atoms in total. The fourth-order valence-corrected chi connectivity index (χ4v) is 2.51. The first-order valence-electron chi connectivity index (χ1n) is 7.93. The van der Waals surface area contributed by atoms with Gasteiger partial charge in [0.1, 0.15) is 5.82 Å². The largest absolute Gasteiger partial charge is 0.383 e. The van der Waals surface area contributed by atoms with Crippen LogP contribution in [-0.4, -0.2) is 32.3 Å². The molecule has 0 saturated heterocycles. The minimum Gasteiger partial charge on any atom is -0.383 e. The Morgan fingerprint density at radius 1 is 1.43 bits per heavy atom. The predicted molar refractivity (Wildman–Crippen MR) is 85.2 cm³/mol. The van der Waals surface area contributed by atoms with Gasteiger partial charge < -0.3 is 15.0 Å². The van der Waals surface area contributed by atoms with Gasteiger partial charge in [-0.3, -0.25) is 0 Å². The maximum atomic E-state index is 13.6. The van der Waals surface area contributed by atoms with E-state index < -0.39 is 0 Å². The summed E-state index contributed by atoms with van der Waals surface area (Å²) in [5.41, 5.74) is 2.16. The van der Waals surface area contributed by atoms with Crippen LogP contribution in [0.4, 0.5) is 10.1 Å². The maximum absolute atomic E-state index is 13.6. The lowest BCUT2D eigenvalue weighted by molar-refractivity contribution is 0.203. The molecule has 1 N–H and O–H groups in total. The van der Waals surface area contributed by atoms with E-state index in [9.17, 15) is 4.39 Å². The highest BCUT2D eigenvalue weighted by molar-refractivity contribution is 5.54. The molecular formula is C17H27FN2O. The highest BCUT2D eigenvalue weighted by Crippen LogP contribution is 2.26. The number of methoxy groups -OCH3 is 1. The van der Waals surface area contributed by atoms with Crippen molar-refractivity contribution in [2.24, 2.45) is 0 Å². The Bertz CT molecular complexity index is 448. The number of benzene rings is 1. The van der Waals surface area contributed by atoms with Gasteiger partial charge in [0.15, 0.2) is 0 Å². The summed E-state index contributed by atoms with van der Waals surface area (Å²) in [6.45, 7) is 6.62. The summed E-state index contributed by atoms with van der Waals surface area (Å²) in [5, 5.41) is 3.48. The van der Waals surface area contributed by atoms with Crippen molar-refractivity contribution >= 4 is 5.69 Å². The van der Waals surface area contributed by atoms with E-state index in [2.05, 4.69) is 24.1 Å². The third-order valence-corrected chi connectivity index (χ3v) is 4.17. The van der Waals surface area contributed by atoms with Crippen molar-refractivity contribution in [2.45, 2.75) is 51.7 Å². The van der Waals surface area contributed by atoms with Crippen LogP contribution in [0.15, 0.2) is 18.2 Å². The molecule has 1 fully saturated rings. The zero-order chi connectivity index (χ0) is 15.2. The molecule has 21 heavy (non-hydrogen) atoms. The topological polar surface area (TPSA) is 24.5 Å². The number of rotatable bonds is 9. The molecule has 1 unspecified atom stereocenters. The molecule has 4 heteroatoms. The monoisotopic (exact) mass is 294 g/mol. The van der Waals surface area contributed by atoms with E-state index in [0.717, 1.165) is 30.8 Å². The number of nitrogens with one attached hydrogen (secondary N) is 1. The van der Waals surface area contributed by atoms with E-state index in [1.807, 2.05) is 6.07 Å². The minimum absolute atomic E-state index is 0.165. The highest BCUT2D eigenvalue weighted by atomic mass is 19.1. The van der Waals surface area contributed by atoms with Crippen molar-refractivity contribution < 1.29 is 9.13 Å². The van der Waals surface area contributed by atoms with Gasteiger partial charge in [-0.05, 0) is 49.9 Å². The van der Waals surface area contributed by atoms with Gasteiger partial charge in [-0.2, -0.15) is 0 Å². The van der Waals surface area contributed by atoms with Crippen molar-refractivity contribution in [3.8, 4) is 0 Å². The average Bonchev–Trinajstić information content (AvgIpc) is 3.30. The van der Waals surface area contributed by atoms with E-state index in [0.29, 0.717) is 18.7 Å². The lowest BCUT2D eigenvalue weighted by Gasteiger charge is -2.32. The van der Waals surface area contributed by atoms with Crippen LogP contribution in [0.1, 0.15) is 38.7 Å². The molecule has 1 aliphatic carbocycles. The molecule has 1 aliphatic rings. The van der Waals surface area contributed by atoms with Crippen molar-refractivity contribution in [1.82, 2.24) is 5.32 Å². The van der Waals surface area contributed by atoms with Gasteiger partial charge in [-0.25, -0.2) is 4.39 Å². The standard InChI is InChI=1S/C17H27FN2O/c1-4-13(2)20(9-10-21-3)17-8-5-15(18)11-14(17)12-19-16-6-7-16/h5,8,11,13,16,19H,4,6-7,9-10,12H2,1-3H3. The van der Waals surface area contributed by atoms with E-state index >= 15 is 0 Å². The van der Waals surface area contributed by atoms with Crippen LogP contribution in [0.3, 0.4) is 0 Å². The van der Waals surface area contributed by atoms with Crippen LogP contribution in [0.25, 0.3) is 0 Å². The molecule has 1 saturated carbocycles. The van der Waals surface area contributed by atoms with Gasteiger partial charge in [0, 0.05) is 38.0 Å². The second-order valence-electron chi connectivity index (χ2n) is 5.87. The fraction of sp³-hybridized carbons (Fsp3) is 0.647. The molecule has 118 valence electrons. The lowest BCUT2D eigenvalue weighted by Crippen LogP contribution is -2.36. The Labute approximate surface area is 127 Å². The number of hydrogen-bond donors (Lipinski definition) is 1. The number of anilines is 1. The van der Waals surface area contributed by atoms with E-state index in [4.69, 9.17) is 4.74 Å². The Morgan fingerprint density at radius 2 is 2.19 bits per heavy atom. The number of hydrogen-bond acceptors (Lipinski definition) is 3. The van der Waals surface area contributed by atoms with Crippen LogP contribution in [0, 0.1) is 5.82 Å². The fourth-order valence-electron chi connectivity index (χ4n) is 2.51. The van der Waals surface area contributed by atoms with Crippen LogP contribution in [-0.2, 0) is 11.3 Å². The molecule has 0 heterocycles. The lowest BCUT2D eigenvalue weighted by atomic mass is 10.1. The first-order chi connectivity index (χ1) is 10.2. The summed E-state index contributed by atoms with van der Waals surface area (Å²) in [6.07, 6.45) is 3.53. The molecule has 0 aromatic heterocycles. The van der Waals surface area contributed by atoms with Gasteiger partial charge in [0.05, 0.1) is 6.61 Å². The first kappa shape index (κ1) is 16.2. The number of ether oxygens (including phenoxy) is 1. The van der Waals surface area contributed by atoms with Crippen molar-refractivity contribution in [3.05, 3.63) is 29.6 Å². The zero-order valence-corrected chi connectivity index (χ0v) is 13.4. The van der Waals surface area contributed by atoms with Gasteiger partial charge in [0.2, 0.25) is 0 Å². The SMILES string of the molecule is CCC(C)N(CCOC)c1ccc(F)cc1CNC1CC1. The molecule has 2 rings (SSSR count). The molecule has 0 spiro atoms. The third kappa shape index (κ3) is 4.68. The molecule has 0 bridgehead atoms. The maximum Gasteiger partial charge on any atom is 0.123 e. The number of nitrogens with zero attached hydrogens (tertiary/aromatic N) is 1. The van der Waals surface area contributed by atoms with Crippen molar-refractivity contribution in [2.75, 3.05) is 25.2 Å². The van der Waals surface area contributed by atoms with Crippen LogP contribution in [0.2, 0.25) is 0 Å². The van der Waals surface area contributed by atoms with E-state index in [1.54, 1.807) is 19.2 Å². The summed E-state index contributed by atoms with van der Waals surface area (Å²) in [6, 6.07) is 6.15. The molecule has 0 amide bonds. The number of halogens is 1. The van der Waals surface area contributed by atoms with Crippen LogP contribution < -0.4 is 10.2 Å². The van der Waals surface area contributed by atoms with Gasteiger partial charge >= 0.3 is 0 Å². The van der Waals surface area contributed by atoms with Crippen molar-refractivity contribution in [3.63, 3.8) is 0 Å². The average molecular weight is 294 g/mol. The summed E-state index contributed by atoms with van der Waals surface area (Å²) in [4.78, 5) is 2.33. The summed E-state index contributed by atoms with van der Waals surface area (Å²) in [7, 11) is 1.72.